The first-order valence-electron chi connectivity index (χ1n) is 6.50. The molecule has 1 aromatic carbocycles. The Morgan fingerprint density at radius 1 is 1.15 bits per heavy atom. The standard InChI is InChI=1S/C15H20N4O/c1-19(2)15-16-9-8-14(18-15)17-10-12-6-4-5-7-13(12)11-20-3/h4-9H,10-11H2,1-3H3,(H,16,17,18). The highest BCUT2D eigenvalue weighted by molar-refractivity contribution is 5.41. The molecule has 1 aromatic heterocycles. The Kier molecular flexibility index (Phi) is 4.90. The van der Waals surface area contributed by atoms with E-state index in [-0.39, 0.29) is 0 Å². The molecular formula is C15H20N4O. The summed E-state index contributed by atoms with van der Waals surface area (Å²) >= 11 is 0. The molecular weight excluding hydrogens is 252 g/mol. The molecule has 5 heteroatoms. The molecule has 0 amide bonds. The fraction of sp³-hybridized carbons (Fsp3) is 0.333. The largest absolute Gasteiger partial charge is 0.380 e. The van der Waals surface area contributed by atoms with Gasteiger partial charge in [0.15, 0.2) is 0 Å². The molecule has 2 aromatic rings. The van der Waals surface area contributed by atoms with E-state index in [1.54, 1.807) is 13.3 Å². The quantitative estimate of drug-likeness (QED) is 0.874. The van der Waals surface area contributed by atoms with Gasteiger partial charge in [0, 0.05) is 33.9 Å². The van der Waals surface area contributed by atoms with E-state index in [2.05, 4.69) is 27.4 Å². The van der Waals surface area contributed by atoms with E-state index in [1.165, 1.54) is 11.1 Å². The molecule has 0 aliphatic rings. The minimum Gasteiger partial charge on any atom is -0.380 e. The van der Waals surface area contributed by atoms with E-state index < -0.39 is 0 Å². The summed E-state index contributed by atoms with van der Waals surface area (Å²) in [6.07, 6.45) is 1.76. The zero-order valence-electron chi connectivity index (χ0n) is 12.1. The number of ether oxygens (including phenoxy) is 1. The van der Waals surface area contributed by atoms with Crippen LogP contribution < -0.4 is 10.2 Å². The van der Waals surface area contributed by atoms with Gasteiger partial charge in [0.25, 0.3) is 0 Å². The van der Waals surface area contributed by atoms with Crippen molar-refractivity contribution in [1.29, 1.82) is 0 Å². The molecule has 1 N–H and O–H groups in total. The van der Waals surface area contributed by atoms with Crippen molar-refractivity contribution in [2.75, 3.05) is 31.4 Å². The Hall–Kier alpha value is -2.14. The molecule has 0 atom stereocenters. The van der Waals surface area contributed by atoms with E-state index in [9.17, 15) is 0 Å². The molecule has 0 aliphatic carbocycles. The molecule has 0 saturated carbocycles. The van der Waals surface area contributed by atoms with E-state index in [1.807, 2.05) is 37.2 Å². The van der Waals surface area contributed by atoms with Gasteiger partial charge in [-0.05, 0) is 17.2 Å². The number of hydrogen-bond donors (Lipinski definition) is 1. The molecule has 0 unspecified atom stereocenters. The van der Waals surface area contributed by atoms with Crippen LogP contribution in [-0.2, 0) is 17.9 Å². The molecule has 0 fully saturated rings. The second-order valence-corrected chi connectivity index (χ2v) is 4.69. The molecule has 2 rings (SSSR count). The summed E-state index contributed by atoms with van der Waals surface area (Å²) in [4.78, 5) is 10.5. The van der Waals surface area contributed by atoms with Crippen LogP contribution in [0.15, 0.2) is 36.5 Å². The zero-order chi connectivity index (χ0) is 14.4. The van der Waals surface area contributed by atoms with Crippen molar-refractivity contribution in [2.24, 2.45) is 0 Å². The van der Waals surface area contributed by atoms with Crippen molar-refractivity contribution in [3.8, 4) is 0 Å². The maximum atomic E-state index is 5.21. The molecule has 5 nitrogen and oxygen atoms in total. The predicted octanol–water partition coefficient (Wildman–Crippen LogP) is 2.30. The molecule has 20 heavy (non-hydrogen) atoms. The topological polar surface area (TPSA) is 50.3 Å². The molecule has 0 saturated heterocycles. The summed E-state index contributed by atoms with van der Waals surface area (Å²) in [5.74, 6) is 1.51. The third kappa shape index (κ3) is 3.68. The number of anilines is 2. The van der Waals surface area contributed by atoms with Gasteiger partial charge in [-0.3, -0.25) is 0 Å². The summed E-state index contributed by atoms with van der Waals surface area (Å²) in [7, 11) is 5.55. The average Bonchev–Trinajstić information content (AvgIpc) is 2.47. The van der Waals surface area contributed by atoms with Crippen molar-refractivity contribution < 1.29 is 4.74 Å². The Morgan fingerprint density at radius 3 is 2.60 bits per heavy atom. The minimum atomic E-state index is 0.616. The van der Waals surface area contributed by atoms with Crippen LogP contribution >= 0.6 is 0 Å². The van der Waals surface area contributed by atoms with E-state index in [0.29, 0.717) is 19.1 Å². The molecule has 0 aliphatic heterocycles. The first-order chi connectivity index (χ1) is 9.70. The first-order valence-corrected chi connectivity index (χ1v) is 6.50. The van der Waals surface area contributed by atoms with Crippen LogP contribution in [-0.4, -0.2) is 31.2 Å². The highest BCUT2D eigenvalue weighted by Gasteiger charge is 2.03. The third-order valence-electron chi connectivity index (χ3n) is 2.92. The number of hydrogen-bond acceptors (Lipinski definition) is 5. The second kappa shape index (κ2) is 6.86. The molecule has 0 radical (unpaired) electrons. The van der Waals surface area contributed by atoms with Crippen molar-refractivity contribution >= 4 is 11.8 Å². The summed E-state index contributed by atoms with van der Waals surface area (Å²) in [6, 6.07) is 10.1. The number of nitrogens with zero attached hydrogens (tertiary/aromatic N) is 3. The average molecular weight is 272 g/mol. The first kappa shape index (κ1) is 14.3. The van der Waals surface area contributed by atoms with Gasteiger partial charge >= 0.3 is 0 Å². The fourth-order valence-electron chi connectivity index (χ4n) is 1.87. The molecule has 0 spiro atoms. The molecule has 106 valence electrons. The lowest BCUT2D eigenvalue weighted by molar-refractivity contribution is 0.184. The molecule has 0 bridgehead atoms. The lowest BCUT2D eigenvalue weighted by Crippen LogP contribution is -2.13. The highest BCUT2D eigenvalue weighted by Crippen LogP contribution is 2.13. The monoisotopic (exact) mass is 272 g/mol. The van der Waals surface area contributed by atoms with Crippen LogP contribution in [0.4, 0.5) is 11.8 Å². The summed E-state index contributed by atoms with van der Waals surface area (Å²) in [5.41, 5.74) is 2.39. The van der Waals surface area contributed by atoms with Gasteiger partial charge in [0.05, 0.1) is 6.61 Å². The maximum Gasteiger partial charge on any atom is 0.226 e. The summed E-state index contributed by atoms with van der Waals surface area (Å²) in [5, 5.41) is 3.32. The van der Waals surface area contributed by atoms with Gasteiger partial charge in [-0.25, -0.2) is 4.98 Å². The van der Waals surface area contributed by atoms with E-state index >= 15 is 0 Å². The second-order valence-electron chi connectivity index (χ2n) is 4.69. The van der Waals surface area contributed by atoms with Crippen LogP contribution in [0.2, 0.25) is 0 Å². The van der Waals surface area contributed by atoms with Crippen LogP contribution in [0.3, 0.4) is 0 Å². The lowest BCUT2D eigenvalue weighted by Gasteiger charge is -2.13. The van der Waals surface area contributed by atoms with Gasteiger partial charge in [-0.1, -0.05) is 24.3 Å². The Morgan fingerprint density at radius 2 is 1.90 bits per heavy atom. The number of methoxy groups -OCH3 is 1. The van der Waals surface area contributed by atoms with Gasteiger partial charge < -0.3 is 15.0 Å². The Balaban J connectivity index is 2.07. The van der Waals surface area contributed by atoms with Crippen molar-refractivity contribution in [1.82, 2.24) is 9.97 Å². The van der Waals surface area contributed by atoms with Gasteiger partial charge in [0.1, 0.15) is 5.82 Å². The van der Waals surface area contributed by atoms with Gasteiger partial charge in [-0.2, -0.15) is 4.98 Å². The van der Waals surface area contributed by atoms with Crippen LogP contribution in [0.25, 0.3) is 0 Å². The molecule has 1 heterocycles. The third-order valence-corrected chi connectivity index (χ3v) is 2.92. The van der Waals surface area contributed by atoms with Gasteiger partial charge in [-0.15, -0.1) is 0 Å². The van der Waals surface area contributed by atoms with Crippen molar-refractivity contribution in [3.63, 3.8) is 0 Å². The smallest absolute Gasteiger partial charge is 0.226 e. The number of benzene rings is 1. The summed E-state index contributed by atoms with van der Waals surface area (Å²) in [6.45, 7) is 1.33. The van der Waals surface area contributed by atoms with Gasteiger partial charge in [0.2, 0.25) is 5.95 Å². The Labute approximate surface area is 119 Å². The Bertz CT molecular complexity index is 557. The maximum absolute atomic E-state index is 5.21. The minimum absolute atomic E-state index is 0.616. The van der Waals surface area contributed by atoms with E-state index in [0.717, 1.165) is 5.82 Å². The number of nitrogens with one attached hydrogen (secondary N) is 1. The van der Waals surface area contributed by atoms with E-state index in [4.69, 9.17) is 4.74 Å². The summed E-state index contributed by atoms with van der Waals surface area (Å²) < 4.78 is 5.21. The zero-order valence-corrected chi connectivity index (χ0v) is 12.1. The lowest BCUT2D eigenvalue weighted by atomic mass is 10.1. The van der Waals surface area contributed by atoms with Crippen molar-refractivity contribution in [2.45, 2.75) is 13.2 Å². The predicted molar refractivity (Wildman–Crippen MR) is 80.8 cm³/mol. The normalized spacial score (nSPS) is 10.3. The van der Waals surface area contributed by atoms with Crippen LogP contribution in [0, 0.1) is 0 Å². The number of rotatable bonds is 6. The SMILES string of the molecule is COCc1ccccc1CNc1ccnc(N(C)C)n1. The highest BCUT2D eigenvalue weighted by atomic mass is 16.5. The van der Waals surface area contributed by atoms with Crippen LogP contribution in [0.1, 0.15) is 11.1 Å². The fourth-order valence-corrected chi connectivity index (χ4v) is 1.87. The van der Waals surface area contributed by atoms with Crippen LogP contribution in [0.5, 0.6) is 0 Å². The number of aromatic nitrogens is 2. The van der Waals surface area contributed by atoms with Crippen molar-refractivity contribution in [3.05, 3.63) is 47.7 Å².